The van der Waals surface area contributed by atoms with Crippen LogP contribution in [0.3, 0.4) is 0 Å². The summed E-state index contributed by atoms with van der Waals surface area (Å²) in [6.45, 7) is 13.7. The van der Waals surface area contributed by atoms with Gasteiger partial charge in [0.15, 0.2) is 0 Å². The minimum atomic E-state index is 0.282. The van der Waals surface area contributed by atoms with Gasteiger partial charge in [-0.15, -0.1) is 0 Å². The lowest BCUT2D eigenvalue weighted by Crippen LogP contribution is -2.22. The maximum Gasteiger partial charge on any atom is 0.128 e. The molecule has 0 aromatic heterocycles. The fraction of sp³-hybridized carbons (Fsp3) is 0.500. The average molecular weight is 330 g/mol. The molecule has 2 aromatic carbocycles. The first-order valence-electron chi connectivity index (χ1n) is 8.95. The number of phenolic OH excluding ortho intramolecular Hbond substituents is 2. The number of hydrogen-bond donors (Lipinski definition) is 2. The smallest absolute Gasteiger partial charge is 0.128 e. The van der Waals surface area contributed by atoms with Gasteiger partial charge in [0.05, 0.1) is 0 Å². The number of rotatable bonds is 8. The summed E-state index contributed by atoms with van der Waals surface area (Å²) in [6, 6.07) is 7.71. The lowest BCUT2D eigenvalue weighted by atomic mass is 10.0. The van der Waals surface area contributed by atoms with E-state index < -0.39 is 0 Å². The van der Waals surface area contributed by atoms with Crippen LogP contribution in [-0.2, 0) is 13.1 Å². The van der Waals surface area contributed by atoms with E-state index in [2.05, 4.69) is 37.5 Å². The van der Waals surface area contributed by atoms with Gasteiger partial charge in [0.2, 0.25) is 0 Å². The van der Waals surface area contributed by atoms with E-state index in [0.29, 0.717) is 0 Å². The summed E-state index contributed by atoms with van der Waals surface area (Å²) >= 11 is 0. The van der Waals surface area contributed by atoms with E-state index in [4.69, 9.17) is 0 Å². The van der Waals surface area contributed by atoms with Crippen LogP contribution < -0.4 is 0 Å². The summed E-state index contributed by atoms with van der Waals surface area (Å²) in [6.07, 6.45) is 0. The van der Waals surface area contributed by atoms with Crippen molar-refractivity contribution in [2.45, 2.75) is 40.8 Å². The number of aromatic hydroxyl groups is 2. The van der Waals surface area contributed by atoms with E-state index in [-0.39, 0.29) is 11.5 Å². The van der Waals surface area contributed by atoms with Crippen molar-refractivity contribution in [2.75, 3.05) is 26.2 Å². The van der Waals surface area contributed by atoms with Crippen LogP contribution in [0.4, 0.5) is 0 Å². The van der Waals surface area contributed by atoms with Crippen LogP contribution in [0.15, 0.2) is 24.3 Å². The van der Waals surface area contributed by atoms with Gasteiger partial charge in [0.1, 0.15) is 11.5 Å². The number of hydrogen-bond acceptors (Lipinski definition) is 4. The molecule has 0 bridgehead atoms. The van der Waals surface area contributed by atoms with Gasteiger partial charge >= 0.3 is 0 Å². The zero-order valence-electron chi connectivity index (χ0n) is 15.3. The van der Waals surface area contributed by atoms with Crippen LogP contribution >= 0.6 is 0 Å². The summed E-state index contributed by atoms with van der Waals surface area (Å²) in [4.78, 5) is 4.52. The summed E-state index contributed by atoms with van der Waals surface area (Å²) in [5, 5.41) is 22.7. The van der Waals surface area contributed by atoms with Crippen molar-refractivity contribution >= 4 is 10.8 Å². The molecule has 0 spiro atoms. The lowest BCUT2D eigenvalue weighted by molar-refractivity contribution is 0.290. The van der Waals surface area contributed by atoms with Gasteiger partial charge in [-0.3, -0.25) is 9.80 Å². The second-order valence-corrected chi connectivity index (χ2v) is 6.16. The summed E-state index contributed by atoms with van der Waals surface area (Å²) in [5.74, 6) is 0.563. The second-order valence-electron chi connectivity index (χ2n) is 6.16. The highest BCUT2D eigenvalue weighted by Gasteiger charge is 2.14. The predicted octanol–water partition coefficient (Wildman–Crippen LogP) is 3.93. The first-order valence-corrected chi connectivity index (χ1v) is 8.95. The van der Waals surface area contributed by atoms with Gasteiger partial charge in [-0.05, 0) is 26.2 Å². The monoisotopic (exact) mass is 330 g/mol. The average Bonchev–Trinajstić information content (AvgIpc) is 2.61. The second kappa shape index (κ2) is 8.36. The molecule has 0 heterocycles. The predicted molar refractivity (Wildman–Crippen MR) is 101 cm³/mol. The Labute approximate surface area is 145 Å². The van der Waals surface area contributed by atoms with E-state index in [1.54, 1.807) is 0 Å². The maximum atomic E-state index is 10.6. The van der Waals surface area contributed by atoms with Crippen LogP contribution in [0.1, 0.15) is 38.8 Å². The van der Waals surface area contributed by atoms with Gasteiger partial charge in [0.25, 0.3) is 0 Å². The van der Waals surface area contributed by atoms with E-state index >= 15 is 0 Å². The lowest BCUT2D eigenvalue weighted by Gasteiger charge is -2.21. The third-order valence-corrected chi connectivity index (χ3v) is 4.89. The highest BCUT2D eigenvalue weighted by Crippen LogP contribution is 2.36. The minimum absolute atomic E-state index is 0.282. The Kier molecular flexibility index (Phi) is 6.46. The molecular formula is C20H30N2O2. The Morgan fingerprint density at radius 2 is 0.958 bits per heavy atom. The molecule has 0 unspecified atom stereocenters. The third kappa shape index (κ3) is 3.82. The highest BCUT2D eigenvalue weighted by atomic mass is 16.3. The molecule has 2 rings (SSSR count). The topological polar surface area (TPSA) is 46.9 Å². The maximum absolute atomic E-state index is 10.6. The Morgan fingerprint density at radius 1 is 0.625 bits per heavy atom. The fourth-order valence-corrected chi connectivity index (χ4v) is 3.10. The van der Waals surface area contributed by atoms with Crippen LogP contribution in [0.5, 0.6) is 11.5 Å². The molecular weight excluding hydrogens is 300 g/mol. The summed E-state index contributed by atoms with van der Waals surface area (Å²) < 4.78 is 0. The van der Waals surface area contributed by atoms with Crippen molar-refractivity contribution in [1.29, 1.82) is 0 Å². The van der Waals surface area contributed by atoms with Crippen LogP contribution in [0.25, 0.3) is 10.8 Å². The molecule has 4 nitrogen and oxygen atoms in total. The SMILES string of the molecule is CCN(CC)Cc1ccc2c(O)c(CN(CC)CC)ccc2c1O. The van der Waals surface area contributed by atoms with Gasteiger partial charge in [0, 0.05) is 35.0 Å². The zero-order valence-corrected chi connectivity index (χ0v) is 15.3. The molecule has 0 radical (unpaired) electrons. The third-order valence-electron chi connectivity index (χ3n) is 4.89. The van der Waals surface area contributed by atoms with Crippen molar-refractivity contribution in [2.24, 2.45) is 0 Å². The summed E-state index contributed by atoms with van der Waals surface area (Å²) in [7, 11) is 0. The van der Waals surface area contributed by atoms with E-state index in [0.717, 1.165) is 61.2 Å². The molecule has 4 heteroatoms. The zero-order chi connectivity index (χ0) is 17.7. The molecule has 2 N–H and O–H groups in total. The molecule has 0 aliphatic heterocycles. The van der Waals surface area contributed by atoms with Crippen LogP contribution in [0, 0.1) is 0 Å². The normalized spacial score (nSPS) is 11.8. The number of fused-ring (bicyclic) bond motifs is 1. The Balaban J connectivity index is 2.39. The molecule has 0 amide bonds. The summed E-state index contributed by atoms with van der Waals surface area (Å²) in [5.41, 5.74) is 1.81. The van der Waals surface area contributed by atoms with Crippen molar-refractivity contribution in [3.05, 3.63) is 35.4 Å². The standard InChI is InChI=1S/C20H30N2O2/c1-5-21(6-2)13-15-9-11-18-17(19(15)23)12-10-16(20(18)24)14-22(7-3)8-4/h9-12,23-24H,5-8,13-14H2,1-4H3. The molecule has 0 saturated heterocycles. The first-order chi connectivity index (χ1) is 11.5. The van der Waals surface area contributed by atoms with E-state index in [9.17, 15) is 10.2 Å². The van der Waals surface area contributed by atoms with Gasteiger partial charge in [-0.1, -0.05) is 52.0 Å². The largest absolute Gasteiger partial charge is 0.507 e. The molecule has 0 aliphatic rings. The van der Waals surface area contributed by atoms with Crippen LogP contribution in [-0.4, -0.2) is 46.2 Å². The van der Waals surface area contributed by atoms with Crippen molar-refractivity contribution in [3.63, 3.8) is 0 Å². The van der Waals surface area contributed by atoms with E-state index in [1.807, 2.05) is 24.3 Å². The Morgan fingerprint density at radius 3 is 1.25 bits per heavy atom. The molecule has 0 atom stereocenters. The first kappa shape index (κ1) is 18.6. The van der Waals surface area contributed by atoms with Crippen molar-refractivity contribution in [1.82, 2.24) is 9.80 Å². The van der Waals surface area contributed by atoms with Crippen LogP contribution in [0.2, 0.25) is 0 Å². The minimum Gasteiger partial charge on any atom is -0.507 e. The molecule has 2 aromatic rings. The van der Waals surface area contributed by atoms with E-state index in [1.165, 1.54) is 0 Å². The molecule has 0 fully saturated rings. The van der Waals surface area contributed by atoms with Gasteiger partial charge in [-0.25, -0.2) is 0 Å². The number of benzene rings is 2. The molecule has 24 heavy (non-hydrogen) atoms. The Bertz CT molecular complexity index is 618. The number of phenols is 2. The quantitative estimate of drug-likeness (QED) is 0.770. The van der Waals surface area contributed by atoms with Gasteiger partial charge in [-0.2, -0.15) is 0 Å². The Hall–Kier alpha value is -1.78. The molecule has 0 saturated carbocycles. The fourth-order valence-electron chi connectivity index (χ4n) is 3.10. The molecule has 132 valence electrons. The van der Waals surface area contributed by atoms with Gasteiger partial charge < -0.3 is 10.2 Å². The highest BCUT2D eigenvalue weighted by molar-refractivity contribution is 5.94. The van der Waals surface area contributed by atoms with Crippen molar-refractivity contribution in [3.8, 4) is 11.5 Å². The van der Waals surface area contributed by atoms with Crippen molar-refractivity contribution < 1.29 is 10.2 Å². The molecule has 0 aliphatic carbocycles. The number of nitrogens with zero attached hydrogens (tertiary/aromatic N) is 2.